The summed E-state index contributed by atoms with van der Waals surface area (Å²) in [5.41, 5.74) is 0.415. The lowest BCUT2D eigenvalue weighted by molar-refractivity contribution is 0.199. The van der Waals surface area contributed by atoms with Crippen molar-refractivity contribution in [3.8, 4) is 0 Å². The third kappa shape index (κ3) is 12.0. The highest BCUT2D eigenvalue weighted by molar-refractivity contribution is 4.69. The molecule has 0 saturated heterocycles. The molecule has 0 rings (SSSR count). The summed E-state index contributed by atoms with van der Waals surface area (Å²) >= 11 is 0. The number of rotatable bonds is 9. The van der Waals surface area contributed by atoms with E-state index in [9.17, 15) is 0 Å². The van der Waals surface area contributed by atoms with Gasteiger partial charge in [0.1, 0.15) is 0 Å². The van der Waals surface area contributed by atoms with Crippen LogP contribution < -0.4 is 0 Å². The molecule has 0 aromatic heterocycles. The van der Waals surface area contributed by atoms with E-state index in [2.05, 4.69) is 46.2 Å². The van der Waals surface area contributed by atoms with E-state index in [1.54, 1.807) is 0 Å². The van der Waals surface area contributed by atoms with Gasteiger partial charge in [0, 0.05) is 13.1 Å². The van der Waals surface area contributed by atoms with Crippen LogP contribution in [0.3, 0.4) is 0 Å². The summed E-state index contributed by atoms with van der Waals surface area (Å²) in [6.07, 6.45) is 8.62. The molecule has 0 aliphatic carbocycles. The Balaban J connectivity index is 3.57. The molecule has 0 bridgehead atoms. The quantitative estimate of drug-likeness (QED) is 0.415. The first-order valence-electron chi connectivity index (χ1n) is 7.14. The Labute approximate surface area is 109 Å². The van der Waals surface area contributed by atoms with Crippen molar-refractivity contribution in [1.29, 1.82) is 0 Å². The lowest BCUT2D eigenvalue weighted by Crippen LogP contribution is -2.32. The zero-order chi connectivity index (χ0) is 13.3. The summed E-state index contributed by atoms with van der Waals surface area (Å²) < 4.78 is 0. The molecule has 1 heteroatoms. The summed E-state index contributed by atoms with van der Waals surface area (Å²) in [7, 11) is 2.25. The van der Waals surface area contributed by atoms with Crippen molar-refractivity contribution in [2.24, 2.45) is 11.3 Å². The van der Waals surface area contributed by atoms with Crippen LogP contribution in [0, 0.1) is 11.3 Å². The van der Waals surface area contributed by atoms with Crippen LogP contribution in [0.2, 0.25) is 0 Å². The average molecular weight is 239 g/mol. The molecule has 0 radical (unpaired) electrons. The number of hydrogen-bond donors (Lipinski definition) is 0. The molecule has 0 saturated carbocycles. The minimum absolute atomic E-state index is 0.415. The largest absolute Gasteiger partial charge is 0.306 e. The Morgan fingerprint density at radius 1 is 1.18 bits per heavy atom. The Kier molecular flexibility index (Phi) is 8.59. The van der Waals surface area contributed by atoms with Gasteiger partial charge in [-0.05, 0) is 37.6 Å². The monoisotopic (exact) mass is 239 g/mol. The van der Waals surface area contributed by atoms with Crippen molar-refractivity contribution in [3.05, 3.63) is 12.7 Å². The topological polar surface area (TPSA) is 3.24 Å². The molecule has 1 atom stereocenters. The standard InChI is InChI=1S/C16H33N/c1-7-8-9-10-11-12-15(2)13-17(6)14-16(3,4)5/h7,15H,1,8-14H2,2-6H3. The molecule has 0 fully saturated rings. The number of allylic oxidation sites excluding steroid dienone is 1. The fraction of sp³-hybridized carbons (Fsp3) is 0.875. The molecule has 17 heavy (non-hydrogen) atoms. The predicted octanol–water partition coefficient (Wildman–Crippen LogP) is 4.74. The minimum atomic E-state index is 0.415. The fourth-order valence-electron chi connectivity index (χ4n) is 2.46. The van der Waals surface area contributed by atoms with E-state index in [1.807, 2.05) is 6.08 Å². The maximum Gasteiger partial charge on any atom is 0.00271 e. The van der Waals surface area contributed by atoms with Crippen LogP contribution in [-0.4, -0.2) is 25.0 Å². The van der Waals surface area contributed by atoms with Crippen LogP contribution in [0.4, 0.5) is 0 Å². The highest BCUT2D eigenvalue weighted by Gasteiger charge is 2.14. The highest BCUT2D eigenvalue weighted by Crippen LogP contribution is 2.17. The molecule has 0 N–H and O–H groups in total. The summed E-state index contributed by atoms with van der Waals surface area (Å²) in [6, 6.07) is 0. The van der Waals surface area contributed by atoms with Crippen molar-refractivity contribution in [1.82, 2.24) is 4.90 Å². The van der Waals surface area contributed by atoms with E-state index in [0.717, 1.165) is 5.92 Å². The SMILES string of the molecule is C=CCCCCCC(C)CN(C)CC(C)(C)C. The zero-order valence-electron chi connectivity index (χ0n) is 12.8. The van der Waals surface area contributed by atoms with Gasteiger partial charge in [-0.1, -0.05) is 46.6 Å². The summed E-state index contributed by atoms with van der Waals surface area (Å²) in [6.45, 7) is 15.5. The Bertz CT molecular complexity index is 190. The third-order valence-electron chi connectivity index (χ3n) is 2.97. The van der Waals surface area contributed by atoms with Gasteiger partial charge in [0.25, 0.3) is 0 Å². The fourth-order valence-corrected chi connectivity index (χ4v) is 2.46. The van der Waals surface area contributed by atoms with Crippen LogP contribution in [0.25, 0.3) is 0 Å². The van der Waals surface area contributed by atoms with Crippen LogP contribution in [0.1, 0.15) is 59.8 Å². The van der Waals surface area contributed by atoms with Gasteiger partial charge in [0.05, 0.1) is 0 Å². The van der Waals surface area contributed by atoms with E-state index in [1.165, 1.54) is 45.2 Å². The molecular formula is C16H33N. The number of nitrogens with zero attached hydrogens (tertiary/aromatic N) is 1. The lowest BCUT2D eigenvalue weighted by atomic mass is 9.95. The van der Waals surface area contributed by atoms with Crippen molar-refractivity contribution in [2.45, 2.75) is 59.8 Å². The summed E-state index contributed by atoms with van der Waals surface area (Å²) in [5.74, 6) is 0.825. The molecule has 0 heterocycles. The maximum absolute atomic E-state index is 3.76. The van der Waals surface area contributed by atoms with Gasteiger partial charge in [-0.15, -0.1) is 6.58 Å². The van der Waals surface area contributed by atoms with Gasteiger partial charge in [-0.25, -0.2) is 0 Å². The average Bonchev–Trinajstić information content (AvgIpc) is 2.14. The molecule has 1 nitrogen and oxygen atoms in total. The van der Waals surface area contributed by atoms with Crippen LogP contribution in [-0.2, 0) is 0 Å². The minimum Gasteiger partial charge on any atom is -0.306 e. The second kappa shape index (κ2) is 8.74. The van der Waals surface area contributed by atoms with Crippen LogP contribution in [0.5, 0.6) is 0 Å². The van der Waals surface area contributed by atoms with E-state index in [-0.39, 0.29) is 0 Å². The molecule has 0 spiro atoms. The van der Waals surface area contributed by atoms with Gasteiger partial charge in [-0.3, -0.25) is 0 Å². The second-order valence-electron chi connectivity index (χ2n) is 6.79. The zero-order valence-corrected chi connectivity index (χ0v) is 12.8. The van der Waals surface area contributed by atoms with Gasteiger partial charge >= 0.3 is 0 Å². The normalized spacial score (nSPS) is 14.0. The Morgan fingerprint density at radius 3 is 2.35 bits per heavy atom. The number of hydrogen-bond acceptors (Lipinski definition) is 1. The van der Waals surface area contributed by atoms with Crippen LogP contribution >= 0.6 is 0 Å². The van der Waals surface area contributed by atoms with E-state index in [4.69, 9.17) is 0 Å². The second-order valence-corrected chi connectivity index (χ2v) is 6.79. The molecule has 0 aliphatic heterocycles. The smallest absolute Gasteiger partial charge is 0.00271 e. The van der Waals surface area contributed by atoms with Crippen molar-refractivity contribution in [2.75, 3.05) is 20.1 Å². The first-order chi connectivity index (χ1) is 7.85. The van der Waals surface area contributed by atoms with Gasteiger partial charge < -0.3 is 4.90 Å². The predicted molar refractivity (Wildman–Crippen MR) is 79.4 cm³/mol. The van der Waals surface area contributed by atoms with E-state index in [0.29, 0.717) is 5.41 Å². The number of unbranched alkanes of at least 4 members (excludes halogenated alkanes) is 3. The lowest BCUT2D eigenvalue weighted by Gasteiger charge is -2.28. The highest BCUT2D eigenvalue weighted by atomic mass is 15.1. The molecular weight excluding hydrogens is 206 g/mol. The van der Waals surface area contributed by atoms with E-state index >= 15 is 0 Å². The first kappa shape index (κ1) is 16.7. The molecule has 0 aromatic rings. The van der Waals surface area contributed by atoms with Crippen molar-refractivity contribution >= 4 is 0 Å². The van der Waals surface area contributed by atoms with Crippen molar-refractivity contribution in [3.63, 3.8) is 0 Å². The van der Waals surface area contributed by atoms with E-state index < -0.39 is 0 Å². The molecule has 0 aliphatic rings. The van der Waals surface area contributed by atoms with Crippen molar-refractivity contribution < 1.29 is 0 Å². The summed E-state index contributed by atoms with van der Waals surface area (Å²) in [4.78, 5) is 2.48. The van der Waals surface area contributed by atoms with Gasteiger partial charge in [-0.2, -0.15) is 0 Å². The summed E-state index contributed by atoms with van der Waals surface area (Å²) in [5, 5.41) is 0. The molecule has 102 valence electrons. The first-order valence-corrected chi connectivity index (χ1v) is 7.14. The third-order valence-corrected chi connectivity index (χ3v) is 2.97. The molecule has 1 unspecified atom stereocenters. The maximum atomic E-state index is 3.76. The van der Waals surface area contributed by atoms with Gasteiger partial charge in [0.15, 0.2) is 0 Å². The Morgan fingerprint density at radius 2 is 1.82 bits per heavy atom. The van der Waals surface area contributed by atoms with Crippen LogP contribution in [0.15, 0.2) is 12.7 Å². The molecule has 0 aromatic carbocycles. The van der Waals surface area contributed by atoms with Gasteiger partial charge in [0.2, 0.25) is 0 Å². The molecule has 0 amide bonds. The Hall–Kier alpha value is -0.300.